The van der Waals surface area contributed by atoms with Gasteiger partial charge in [0, 0.05) is 19.1 Å². The summed E-state index contributed by atoms with van der Waals surface area (Å²) in [6, 6.07) is 10.8. The van der Waals surface area contributed by atoms with E-state index in [2.05, 4.69) is 17.5 Å². The van der Waals surface area contributed by atoms with E-state index in [1.54, 1.807) is 0 Å². The molecule has 3 N–H and O–H groups in total. The van der Waals surface area contributed by atoms with Crippen molar-refractivity contribution in [2.75, 3.05) is 13.1 Å². The van der Waals surface area contributed by atoms with Crippen LogP contribution < -0.4 is 11.1 Å². The quantitative estimate of drug-likeness (QED) is 0.885. The predicted molar refractivity (Wildman–Crippen MR) is 80.2 cm³/mol. The van der Waals surface area contributed by atoms with Gasteiger partial charge in [-0.1, -0.05) is 18.2 Å². The molecule has 0 bridgehead atoms. The van der Waals surface area contributed by atoms with Crippen molar-refractivity contribution in [2.24, 2.45) is 17.6 Å². The third kappa shape index (κ3) is 2.59. The minimum Gasteiger partial charge on any atom is -0.327 e. The van der Waals surface area contributed by atoms with Crippen molar-refractivity contribution in [1.29, 1.82) is 5.26 Å². The van der Waals surface area contributed by atoms with Gasteiger partial charge in [-0.2, -0.15) is 5.26 Å². The van der Waals surface area contributed by atoms with Crippen molar-refractivity contribution < 1.29 is 0 Å². The average Bonchev–Trinajstić information content (AvgIpc) is 2.45. The Labute approximate surface area is 121 Å². The molecular formula is C17H23N3. The van der Waals surface area contributed by atoms with Gasteiger partial charge >= 0.3 is 0 Å². The lowest BCUT2D eigenvalue weighted by Crippen LogP contribution is -2.54. The normalized spacial score (nSPS) is 28.4. The van der Waals surface area contributed by atoms with Gasteiger partial charge in [0.05, 0.1) is 11.6 Å². The summed E-state index contributed by atoms with van der Waals surface area (Å²) in [7, 11) is 0. The number of rotatable bonds is 3. The summed E-state index contributed by atoms with van der Waals surface area (Å²) in [5, 5.41) is 12.5. The molecule has 106 valence electrons. The van der Waals surface area contributed by atoms with Gasteiger partial charge in [0.2, 0.25) is 0 Å². The van der Waals surface area contributed by atoms with Crippen LogP contribution in [-0.4, -0.2) is 19.1 Å². The van der Waals surface area contributed by atoms with Gasteiger partial charge in [-0.15, -0.1) is 0 Å². The zero-order valence-corrected chi connectivity index (χ0v) is 11.9. The van der Waals surface area contributed by atoms with Gasteiger partial charge in [-0.3, -0.25) is 0 Å². The fraction of sp³-hybridized carbons (Fsp3) is 0.588. The third-order valence-corrected chi connectivity index (χ3v) is 5.19. The molecule has 1 atom stereocenters. The van der Waals surface area contributed by atoms with Crippen molar-refractivity contribution in [3.8, 4) is 6.07 Å². The van der Waals surface area contributed by atoms with Gasteiger partial charge in [-0.05, 0) is 55.1 Å². The second kappa shape index (κ2) is 5.95. The summed E-state index contributed by atoms with van der Waals surface area (Å²) >= 11 is 0. The second-order valence-corrected chi connectivity index (χ2v) is 6.31. The van der Waals surface area contributed by atoms with Gasteiger partial charge in [-0.25, -0.2) is 0 Å². The van der Waals surface area contributed by atoms with Crippen molar-refractivity contribution in [2.45, 2.75) is 37.6 Å². The van der Waals surface area contributed by atoms with E-state index in [0.717, 1.165) is 18.7 Å². The van der Waals surface area contributed by atoms with Crippen LogP contribution >= 0.6 is 0 Å². The molecule has 1 unspecified atom stereocenters. The highest BCUT2D eigenvalue weighted by Crippen LogP contribution is 2.39. The Morgan fingerprint density at radius 3 is 2.40 bits per heavy atom. The van der Waals surface area contributed by atoms with Gasteiger partial charge in [0.25, 0.3) is 0 Å². The van der Waals surface area contributed by atoms with Crippen molar-refractivity contribution in [3.63, 3.8) is 0 Å². The first-order valence-electron chi connectivity index (χ1n) is 7.75. The molecule has 2 fully saturated rings. The number of benzene rings is 1. The van der Waals surface area contributed by atoms with Crippen LogP contribution in [-0.2, 0) is 0 Å². The van der Waals surface area contributed by atoms with Crippen LogP contribution in [0.5, 0.6) is 0 Å². The zero-order chi connectivity index (χ0) is 13.9. The molecule has 0 amide bonds. The van der Waals surface area contributed by atoms with E-state index in [4.69, 9.17) is 5.73 Å². The van der Waals surface area contributed by atoms with Crippen molar-refractivity contribution in [3.05, 3.63) is 35.4 Å². The highest BCUT2D eigenvalue weighted by molar-refractivity contribution is 5.39. The first-order chi connectivity index (χ1) is 9.79. The molecule has 1 saturated heterocycles. The van der Waals surface area contributed by atoms with E-state index in [9.17, 15) is 5.26 Å². The molecule has 3 nitrogen and oxygen atoms in total. The van der Waals surface area contributed by atoms with E-state index in [-0.39, 0.29) is 0 Å². The number of nitrogens with zero attached hydrogens (tertiary/aromatic N) is 1. The maximum Gasteiger partial charge on any atom is 0.0994 e. The lowest BCUT2D eigenvalue weighted by atomic mass is 9.72. The Morgan fingerprint density at radius 1 is 1.10 bits per heavy atom. The molecule has 1 aliphatic carbocycles. The number of hydrogen-bond donors (Lipinski definition) is 2. The van der Waals surface area contributed by atoms with Crippen LogP contribution in [0.15, 0.2) is 24.3 Å². The molecule has 0 spiro atoms. The molecule has 2 aliphatic rings. The SMILES string of the molecule is N#Cc1ccccc1C1CCC(C(N)C2CNC2)CC1. The summed E-state index contributed by atoms with van der Waals surface area (Å²) in [5.74, 6) is 1.91. The molecule has 1 aliphatic heterocycles. The van der Waals surface area contributed by atoms with E-state index < -0.39 is 0 Å². The predicted octanol–water partition coefficient (Wildman–Crippen LogP) is 2.38. The first-order valence-corrected chi connectivity index (χ1v) is 7.75. The average molecular weight is 269 g/mol. The second-order valence-electron chi connectivity index (χ2n) is 6.31. The summed E-state index contributed by atoms with van der Waals surface area (Å²) in [6.07, 6.45) is 4.78. The lowest BCUT2D eigenvalue weighted by molar-refractivity contribution is 0.187. The molecule has 0 radical (unpaired) electrons. The summed E-state index contributed by atoms with van der Waals surface area (Å²) in [4.78, 5) is 0. The Balaban J connectivity index is 1.62. The summed E-state index contributed by atoms with van der Waals surface area (Å²) < 4.78 is 0. The van der Waals surface area contributed by atoms with E-state index in [1.165, 1.54) is 31.2 Å². The van der Waals surface area contributed by atoms with Crippen LogP contribution in [0.2, 0.25) is 0 Å². The zero-order valence-electron chi connectivity index (χ0n) is 11.9. The Hall–Kier alpha value is -1.37. The van der Waals surface area contributed by atoms with Crippen LogP contribution in [0.3, 0.4) is 0 Å². The van der Waals surface area contributed by atoms with Crippen LogP contribution in [0.25, 0.3) is 0 Å². The molecule has 0 aromatic heterocycles. The fourth-order valence-electron chi connectivity index (χ4n) is 3.74. The van der Waals surface area contributed by atoms with E-state index in [0.29, 0.717) is 23.8 Å². The summed E-state index contributed by atoms with van der Waals surface area (Å²) in [6.45, 7) is 2.19. The fourth-order valence-corrected chi connectivity index (χ4v) is 3.74. The number of hydrogen-bond acceptors (Lipinski definition) is 3. The molecule has 3 rings (SSSR count). The Kier molecular flexibility index (Phi) is 4.05. The van der Waals surface area contributed by atoms with Crippen LogP contribution in [0, 0.1) is 23.2 Å². The molecule has 3 heteroatoms. The number of nitriles is 1. The maximum absolute atomic E-state index is 9.22. The highest BCUT2D eigenvalue weighted by atomic mass is 15.0. The standard InChI is InChI=1S/C17H23N3/c18-9-14-3-1-2-4-16(14)12-5-7-13(8-6-12)17(19)15-10-20-11-15/h1-4,12-13,15,17,20H,5-8,10-11,19H2. The number of nitrogens with two attached hydrogens (primary N) is 1. The Morgan fingerprint density at radius 2 is 1.80 bits per heavy atom. The summed E-state index contributed by atoms with van der Waals surface area (Å²) in [5.41, 5.74) is 8.49. The van der Waals surface area contributed by atoms with Crippen LogP contribution in [0.4, 0.5) is 0 Å². The topological polar surface area (TPSA) is 61.8 Å². The van der Waals surface area contributed by atoms with Crippen molar-refractivity contribution in [1.82, 2.24) is 5.32 Å². The highest BCUT2D eigenvalue weighted by Gasteiger charge is 2.33. The van der Waals surface area contributed by atoms with Gasteiger partial charge < -0.3 is 11.1 Å². The minimum atomic E-state index is 0.364. The monoisotopic (exact) mass is 269 g/mol. The molecule has 1 heterocycles. The number of nitrogens with one attached hydrogen (secondary N) is 1. The molecular weight excluding hydrogens is 246 g/mol. The largest absolute Gasteiger partial charge is 0.327 e. The molecule has 20 heavy (non-hydrogen) atoms. The van der Waals surface area contributed by atoms with E-state index >= 15 is 0 Å². The Bertz CT molecular complexity index is 493. The van der Waals surface area contributed by atoms with Gasteiger partial charge in [0.1, 0.15) is 0 Å². The minimum absolute atomic E-state index is 0.364. The third-order valence-electron chi connectivity index (χ3n) is 5.19. The smallest absolute Gasteiger partial charge is 0.0994 e. The molecule has 1 aromatic rings. The van der Waals surface area contributed by atoms with Gasteiger partial charge in [0.15, 0.2) is 0 Å². The first kappa shape index (κ1) is 13.6. The lowest BCUT2D eigenvalue weighted by Gasteiger charge is -2.40. The molecule has 1 saturated carbocycles. The maximum atomic E-state index is 9.22. The van der Waals surface area contributed by atoms with Crippen molar-refractivity contribution >= 4 is 0 Å². The molecule has 1 aromatic carbocycles. The van der Waals surface area contributed by atoms with E-state index in [1.807, 2.05) is 18.2 Å². The van der Waals surface area contributed by atoms with Crippen LogP contribution in [0.1, 0.15) is 42.7 Å².